The first-order valence-electron chi connectivity index (χ1n) is 21.7. The predicted molar refractivity (Wildman–Crippen MR) is 259 cm³/mol. The minimum absolute atomic E-state index is 0.118. The number of aromatic nitrogens is 2. The van der Waals surface area contributed by atoms with Crippen LogP contribution in [-0.2, 0) is 10.8 Å². The third-order valence-electron chi connectivity index (χ3n) is 13.9. The molecule has 0 aliphatic heterocycles. The molecule has 2 aliphatic rings. The fraction of sp³-hybridized carbons (Fsp3) is 0.100. The highest BCUT2D eigenvalue weighted by Crippen LogP contribution is 2.53. The van der Waals surface area contributed by atoms with E-state index < -0.39 is 0 Å². The monoisotopic (exact) mass is 792 g/mol. The van der Waals surface area contributed by atoms with Crippen molar-refractivity contribution in [2.75, 3.05) is 0 Å². The Kier molecular flexibility index (Phi) is 7.96. The SMILES string of the molecule is CC1(C)c2ccccc2-c2ccc(-c3c4ccccc4c(-c4ccc5c(c4)C(C)(C)c4ccccc4-5)c4cc(-c5nc(-c6ccccc6)cc(-c6ccccc6)n5)ccc34)cc21. The maximum absolute atomic E-state index is 5.30. The summed E-state index contributed by atoms with van der Waals surface area (Å²) in [6.07, 6.45) is 0. The van der Waals surface area contributed by atoms with Crippen LogP contribution in [0, 0.1) is 0 Å². The van der Waals surface area contributed by atoms with Gasteiger partial charge in [0.1, 0.15) is 0 Å². The maximum Gasteiger partial charge on any atom is 0.160 e. The van der Waals surface area contributed by atoms with E-state index >= 15 is 0 Å². The van der Waals surface area contributed by atoms with Crippen LogP contribution in [0.1, 0.15) is 49.9 Å². The second-order valence-electron chi connectivity index (χ2n) is 18.1. The van der Waals surface area contributed by atoms with Crippen molar-refractivity contribution in [1.29, 1.82) is 0 Å². The Bertz CT molecular complexity index is 3390. The summed E-state index contributed by atoms with van der Waals surface area (Å²) in [7, 11) is 0. The van der Waals surface area contributed by atoms with E-state index in [0.29, 0.717) is 5.82 Å². The molecule has 0 bridgehead atoms. The zero-order valence-corrected chi connectivity index (χ0v) is 35.4. The van der Waals surface area contributed by atoms with Gasteiger partial charge in [-0.25, -0.2) is 9.97 Å². The molecule has 0 saturated carbocycles. The Morgan fingerprint density at radius 3 is 1.21 bits per heavy atom. The molecule has 2 nitrogen and oxygen atoms in total. The van der Waals surface area contributed by atoms with Crippen LogP contribution in [0.2, 0.25) is 0 Å². The molecule has 0 fully saturated rings. The van der Waals surface area contributed by atoms with Gasteiger partial charge in [0, 0.05) is 27.5 Å². The Hall–Kier alpha value is -7.42. The van der Waals surface area contributed by atoms with Gasteiger partial charge in [-0.15, -0.1) is 0 Å². The molecule has 2 heteroatoms. The van der Waals surface area contributed by atoms with Gasteiger partial charge in [-0.05, 0) is 113 Å². The van der Waals surface area contributed by atoms with Crippen LogP contribution in [0.4, 0.5) is 0 Å². The quantitative estimate of drug-likeness (QED) is 0.162. The molecule has 0 atom stereocenters. The van der Waals surface area contributed by atoms with Gasteiger partial charge >= 0.3 is 0 Å². The second kappa shape index (κ2) is 13.5. The lowest BCUT2D eigenvalue weighted by Gasteiger charge is -2.24. The fourth-order valence-electron chi connectivity index (χ4n) is 10.7. The number of nitrogens with zero attached hydrogens (tertiary/aromatic N) is 2. The zero-order chi connectivity index (χ0) is 41.7. The zero-order valence-electron chi connectivity index (χ0n) is 35.4. The lowest BCUT2D eigenvalue weighted by molar-refractivity contribution is 0.660. The number of hydrogen-bond acceptors (Lipinski definition) is 2. The van der Waals surface area contributed by atoms with Crippen LogP contribution in [0.5, 0.6) is 0 Å². The summed E-state index contributed by atoms with van der Waals surface area (Å²) in [5.74, 6) is 0.704. The highest BCUT2D eigenvalue weighted by Gasteiger charge is 2.37. The van der Waals surface area contributed by atoms with Crippen molar-refractivity contribution in [1.82, 2.24) is 9.97 Å². The van der Waals surface area contributed by atoms with Crippen LogP contribution in [0.3, 0.4) is 0 Å². The van der Waals surface area contributed by atoms with Crippen molar-refractivity contribution >= 4 is 21.5 Å². The summed E-state index contributed by atoms with van der Waals surface area (Å²) in [5, 5.41) is 4.86. The lowest BCUT2D eigenvalue weighted by atomic mass is 9.79. The third-order valence-corrected chi connectivity index (χ3v) is 13.9. The summed E-state index contributed by atoms with van der Waals surface area (Å²) >= 11 is 0. The molecule has 1 heterocycles. The van der Waals surface area contributed by atoms with Gasteiger partial charge in [0.2, 0.25) is 0 Å². The highest BCUT2D eigenvalue weighted by atomic mass is 14.9. The van der Waals surface area contributed by atoms with Crippen LogP contribution in [0.25, 0.3) is 100.0 Å². The van der Waals surface area contributed by atoms with Crippen molar-refractivity contribution in [3.05, 3.63) is 216 Å². The molecule has 0 N–H and O–H groups in total. The van der Waals surface area contributed by atoms with Gasteiger partial charge in [0.05, 0.1) is 11.4 Å². The van der Waals surface area contributed by atoms with E-state index in [1.807, 2.05) is 0 Å². The third kappa shape index (κ3) is 5.43. The maximum atomic E-state index is 5.30. The normalized spacial score (nSPS) is 14.1. The molecule has 294 valence electrons. The van der Waals surface area contributed by atoms with Crippen LogP contribution in [-0.4, -0.2) is 9.97 Å². The van der Waals surface area contributed by atoms with Gasteiger partial charge in [-0.3, -0.25) is 0 Å². The fourth-order valence-corrected chi connectivity index (χ4v) is 10.7. The molecule has 9 aromatic carbocycles. The Morgan fingerprint density at radius 2 is 0.694 bits per heavy atom. The average Bonchev–Trinajstić information content (AvgIpc) is 3.69. The molecule has 0 spiro atoms. The summed E-state index contributed by atoms with van der Waals surface area (Å²) in [6, 6.07) is 71.1. The molecule has 0 amide bonds. The number of rotatable bonds is 5. The average molecular weight is 793 g/mol. The lowest BCUT2D eigenvalue weighted by Crippen LogP contribution is -2.15. The largest absolute Gasteiger partial charge is 0.228 e. The number of fused-ring (bicyclic) bond motifs is 8. The van der Waals surface area contributed by atoms with Gasteiger partial charge < -0.3 is 0 Å². The van der Waals surface area contributed by atoms with E-state index in [2.05, 4.69) is 222 Å². The summed E-state index contributed by atoms with van der Waals surface area (Å²) in [6.45, 7) is 9.48. The van der Waals surface area contributed by atoms with Crippen molar-refractivity contribution in [3.8, 4) is 78.4 Å². The molecule has 12 rings (SSSR count). The Morgan fingerprint density at radius 1 is 0.290 bits per heavy atom. The minimum atomic E-state index is -0.132. The molecular weight excluding hydrogens is 749 g/mol. The van der Waals surface area contributed by atoms with E-state index in [0.717, 1.165) is 28.1 Å². The number of hydrogen-bond donors (Lipinski definition) is 0. The first-order valence-corrected chi connectivity index (χ1v) is 21.7. The second-order valence-corrected chi connectivity index (χ2v) is 18.1. The summed E-state index contributed by atoms with van der Waals surface area (Å²) in [4.78, 5) is 10.6. The predicted octanol–water partition coefficient (Wildman–Crippen LogP) is 15.7. The standard InChI is InChI=1S/C60H44N2/c1-59(2)50-25-15-13-21-42(50)44-30-27-39(34-52(44)59)56-46-23-11-12-24-47(46)57(40-28-31-45-43-22-14-16-26-51(43)60(3,4)53(45)35-40)49-33-41(29-32-48(49)56)58-61-54(37-17-7-5-8-18-37)36-55(62-58)38-19-9-6-10-20-38/h5-36H,1-4H3. The molecule has 62 heavy (non-hydrogen) atoms. The van der Waals surface area contributed by atoms with Crippen LogP contribution in [0.15, 0.2) is 194 Å². The first-order chi connectivity index (χ1) is 30.3. The van der Waals surface area contributed by atoms with Crippen LogP contribution >= 0.6 is 0 Å². The molecule has 0 saturated heterocycles. The van der Waals surface area contributed by atoms with Crippen molar-refractivity contribution in [3.63, 3.8) is 0 Å². The molecule has 10 aromatic rings. The smallest absolute Gasteiger partial charge is 0.160 e. The summed E-state index contributed by atoms with van der Waals surface area (Å²) < 4.78 is 0. The molecule has 2 aliphatic carbocycles. The Labute approximate surface area is 363 Å². The molecule has 1 aromatic heterocycles. The van der Waals surface area contributed by atoms with Gasteiger partial charge in [0.15, 0.2) is 5.82 Å². The van der Waals surface area contributed by atoms with Gasteiger partial charge in [-0.2, -0.15) is 0 Å². The van der Waals surface area contributed by atoms with E-state index in [9.17, 15) is 0 Å². The Balaban J connectivity index is 1.14. The molecule has 0 unspecified atom stereocenters. The van der Waals surface area contributed by atoms with Crippen molar-refractivity contribution < 1.29 is 0 Å². The molecule has 0 radical (unpaired) electrons. The number of benzene rings is 9. The topological polar surface area (TPSA) is 25.8 Å². The summed E-state index contributed by atoms with van der Waals surface area (Å²) in [5.41, 5.74) is 20.4. The van der Waals surface area contributed by atoms with Crippen molar-refractivity contribution in [2.24, 2.45) is 0 Å². The van der Waals surface area contributed by atoms with Crippen LogP contribution < -0.4 is 0 Å². The molecular formula is C60H44N2. The van der Waals surface area contributed by atoms with Gasteiger partial charge in [0.25, 0.3) is 0 Å². The first kappa shape index (κ1) is 36.4. The van der Waals surface area contributed by atoms with E-state index in [4.69, 9.17) is 9.97 Å². The van der Waals surface area contributed by atoms with E-state index in [1.165, 1.54) is 88.3 Å². The van der Waals surface area contributed by atoms with E-state index in [-0.39, 0.29) is 10.8 Å². The minimum Gasteiger partial charge on any atom is -0.228 e. The highest BCUT2D eigenvalue weighted by molar-refractivity contribution is 6.22. The van der Waals surface area contributed by atoms with Gasteiger partial charge in [-0.1, -0.05) is 198 Å². The van der Waals surface area contributed by atoms with E-state index in [1.54, 1.807) is 0 Å². The van der Waals surface area contributed by atoms with Crippen molar-refractivity contribution in [2.45, 2.75) is 38.5 Å².